The number of benzene rings is 1. The summed E-state index contributed by atoms with van der Waals surface area (Å²) in [7, 11) is 2.07. The van der Waals surface area contributed by atoms with Crippen molar-refractivity contribution in [1.82, 2.24) is 4.90 Å². The third-order valence-corrected chi connectivity index (χ3v) is 3.09. The number of nitrogens with zero attached hydrogens (tertiary/aromatic N) is 1. The van der Waals surface area contributed by atoms with Crippen molar-refractivity contribution in [3.8, 4) is 11.8 Å². The molecular weight excluding hydrogens is 270 g/mol. The SMILES string of the molecule is CCC(=O)c1cccc(CN(C)CC=CC#CC(C)(C)C)c1. The smallest absolute Gasteiger partial charge is 0.162 e. The van der Waals surface area contributed by atoms with Crippen LogP contribution in [0, 0.1) is 17.3 Å². The van der Waals surface area contributed by atoms with E-state index in [-0.39, 0.29) is 11.2 Å². The average molecular weight is 297 g/mol. The van der Waals surface area contributed by atoms with Gasteiger partial charge in [-0.05, 0) is 45.5 Å². The molecule has 2 nitrogen and oxygen atoms in total. The molecule has 0 aliphatic rings. The number of rotatable bonds is 6. The van der Waals surface area contributed by atoms with Gasteiger partial charge in [-0.15, -0.1) is 0 Å². The maximum absolute atomic E-state index is 11.7. The van der Waals surface area contributed by atoms with E-state index in [0.29, 0.717) is 6.42 Å². The molecule has 0 N–H and O–H groups in total. The van der Waals surface area contributed by atoms with E-state index in [1.54, 1.807) is 0 Å². The van der Waals surface area contributed by atoms with Crippen LogP contribution in [-0.4, -0.2) is 24.3 Å². The minimum absolute atomic E-state index is 0.0441. The van der Waals surface area contributed by atoms with Crippen molar-refractivity contribution in [3.05, 3.63) is 47.5 Å². The zero-order valence-corrected chi connectivity index (χ0v) is 14.4. The Morgan fingerprint density at radius 2 is 2.05 bits per heavy atom. The van der Waals surface area contributed by atoms with E-state index in [0.717, 1.165) is 24.2 Å². The molecule has 0 saturated heterocycles. The molecule has 0 heterocycles. The van der Waals surface area contributed by atoms with E-state index >= 15 is 0 Å². The van der Waals surface area contributed by atoms with Gasteiger partial charge >= 0.3 is 0 Å². The highest BCUT2D eigenvalue weighted by molar-refractivity contribution is 5.95. The highest BCUT2D eigenvalue weighted by atomic mass is 16.1. The predicted octanol–water partition coefficient (Wildman–Crippen LogP) is 4.32. The topological polar surface area (TPSA) is 20.3 Å². The van der Waals surface area contributed by atoms with Crippen molar-refractivity contribution in [2.24, 2.45) is 5.41 Å². The Balaban J connectivity index is 2.55. The number of hydrogen-bond acceptors (Lipinski definition) is 2. The predicted molar refractivity (Wildman–Crippen MR) is 93.8 cm³/mol. The number of carbonyl (C=O) groups excluding carboxylic acids is 1. The molecule has 1 aromatic carbocycles. The summed E-state index contributed by atoms with van der Waals surface area (Å²) in [5, 5.41) is 0. The minimum Gasteiger partial charge on any atom is -0.298 e. The summed E-state index contributed by atoms with van der Waals surface area (Å²) in [5.41, 5.74) is 2.01. The summed E-state index contributed by atoms with van der Waals surface area (Å²) >= 11 is 0. The summed E-state index contributed by atoms with van der Waals surface area (Å²) < 4.78 is 0. The molecule has 0 unspecified atom stereocenters. The van der Waals surface area contributed by atoms with Gasteiger partial charge in [-0.1, -0.05) is 43.0 Å². The van der Waals surface area contributed by atoms with E-state index < -0.39 is 0 Å². The van der Waals surface area contributed by atoms with E-state index in [1.807, 2.05) is 31.2 Å². The second-order valence-corrected chi connectivity index (χ2v) is 6.60. The molecule has 0 saturated carbocycles. The van der Waals surface area contributed by atoms with Crippen LogP contribution >= 0.6 is 0 Å². The zero-order chi connectivity index (χ0) is 16.6. The van der Waals surface area contributed by atoms with Gasteiger partial charge in [-0.25, -0.2) is 0 Å². The van der Waals surface area contributed by atoms with E-state index in [1.165, 1.54) is 0 Å². The molecule has 22 heavy (non-hydrogen) atoms. The van der Waals surface area contributed by atoms with Crippen molar-refractivity contribution in [2.45, 2.75) is 40.7 Å². The Kier molecular flexibility index (Phi) is 7.08. The number of allylic oxidation sites excluding steroid dienone is 1. The maximum Gasteiger partial charge on any atom is 0.162 e. The molecule has 1 aromatic rings. The summed E-state index contributed by atoms with van der Waals surface area (Å²) in [6.45, 7) is 9.86. The van der Waals surface area contributed by atoms with Crippen molar-refractivity contribution < 1.29 is 4.79 Å². The molecule has 0 fully saturated rings. The lowest BCUT2D eigenvalue weighted by Gasteiger charge is -2.14. The molecule has 2 heteroatoms. The molecular formula is C20H27NO. The first kappa shape index (κ1) is 18.2. The van der Waals surface area contributed by atoms with Gasteiger partial charge in [0, 0.05) is 30.5 Å². The third-order valence-electron chi connectivity index (χ3n) is 3.09. The fraction of sp³-hybridized carbons (Fsp3) is 0.450. The fourth-order valence-electron chi connectivity index (χ4n) is 1.97. The lowest BCUT2D eigenvalue weighted by Crippen LogP contribution is -2.17. The van der Waals surface area contributed by atoms with Crippen LogP contribution in [0.5, 0.6) is 0 Å². The summed E-state index contributed by atoms with van der Waals surface area (Å²) in [6.07, 6.45) is 4.53. The van der Waals surface area contributed by atoms with Gasteiger partial charge in [0.25, 0.3) is 0 Å². The molecule has 0 bridgehead atoms. The molecule has 0 radical (unpaired) electrons. The molecule has 1 rings (SSSR count). The van der Waals surface area contributed by atoms with Gasteiger partial charge in [0.1, 0.15) is 0 Å². The Hall–Kier alpha value is -1.85. The molecule has 0 spiro atoms. The van der Waals surface area contributed by atoms with Gasteiger partial charge in [0.2, 0.25) is 0 Å². The number of Topliss-reactive ketones (excluding diaryl/α,β-unsaturated/α-hetero) is 1. The normalized spacial score (nSPS) is 11.5. The van der Waals surface area contributed by atoms with E-state index in [9.17, 15) is 4.79 Å². The average Bonchev–Trinajstić information content (AvgIpc) is 2.45. The molecule has 0 aliphatic heterocycles. The second kappa shape index (κ2) is 8.56. The van der Waals surface area contributed by atoms with Crippen LogP contribution in [0.4, 0.5) is 0 Å². The first-order valence-corrected chi connectivity index (χ1v) is 7.80. The largest absolute Gasteiger partial charge is 0.298 e. The van der Waals surface area contributed by atoms with Gasteiger partial charge in [0.15, 0.2) is 5.78 Å². The summed E-state index contributed by atoms with van der Waals surface area (Å²) in [6, 6.07) is 7.89. The fourth-order valence-corrected chi connectivity index (χ4v) is 1.97. The zero-order valence-electron chi connectivity index (χ0n) is 14.4. The standard InChI is InChI=1S/C20H27NO/c1-6-19(22)18-12-10-11-17(15-18)16-21(5)14-9-7-8-13-20(2,3)4/h7,9-12,15H,6,14,16H2,1-5H3. The molecule has 0 amide bonds. The highest BCUT2D eigenvalue weighted by Crippen LogP contribution is 2.10. The van der Waals surface area contributed by atoms with Crippen molar-refractivity contribution in [1.29, 1.82) is 0 Å². The van der Waals surface area contributed by atoms with Crippen LogP contribution < -0.4 is 0 Å². The number of ketones is 1. The molecule has 118 valence electrons. The Morgan fingerprint density at radius 3 is 2.68 bits per heavy atom. The van der Waals surface area contributed by atoms with Crippen molar-refractivity contribution in [2.75, 3.05) is 13.6 Å². The number of likely N-dealkylation sites (N-methyl/N-ethyl adjacent to an activating group) is 1. The van der Waals surface area contributed by atoms with Crippen LogP contribution in [-0.2, 0) is 6.54 Å². The lowest BCUT2D eigenvalue weighted by atomic mass is 9.98. The third kappa shape index (κ3) is 7.24. The number of carbonyl (C=O) groups is 1. The maximum atomic E-state index is 11.7. The van der Waals surface area contributed by atoms with Crippen LogP contribution in [0.2, 0.25) is 0 Å². The van der Waals surface area contributed by atoms with Crippen molar-refractivity contribution in [3.63, 3.8) is 0 Å². The van der Waals surface area contributed by atoms with Crippen LogP contribution in [0.25, 0.3) is 0 Å². The minimum atomic E-state index is 0.0441. The van der Waals surface area contributed by atoms with Crippen LogP contribution in [0.1, 0.15) is 50.0 Å². The van der Waals surface area contributed by atoms with E-state index in [2.05, 4.69) is 56.7 Å². The first-order valence-electron chi connectivity index (χ1n) is 7.80. The quantitative estimate of drug-likeness (QED) is 0.576. The van der Waals surface area contributed by atoms with Gasteiger partial charge in [-0.2, -0.15) is 0 Å². The second-order valence-electron chi connectivity index (χ2n) is 6.60. The number of hydrogen-bond donors (Lipinski definition) is 0. The first-order chi connectivity index (χ1) is 10.3. The molecule has 0 aromatic heterocycles. The lowest BCUT2D eigenvalue weighted by molar-refractivity contribution is 0.0988. The monoisotopic (exact) mass is 297 g/mol. The summed E-state index contributed by atoms with van der Waals surface area (Å²) in [5.74, 6) is 6.45. The highest BCUT2D eigenvalue weighted by Gasteiger charge is 2.05. The van der Waals surface area contributed by atoms with Gasteiger partial charge in [-0.3, -0.25) is 9.69 Å². The van der Waals surface area contributed by atoms with Crippen LogP contribution in [0.15, 0.2) is 36.4 Å². The Bertz CT molecular complexity index is 582. The molecule has 0 atom stereocenters. The van der Waals surface area contributed by atoms with Crippen LogP contribution in [0.3, 0.4) is 0 Å². The van der Waals surface area contributed by atoms with E-state index in [4.69, 9.17) is 0 Å². The summed E-state index contributed by atoms with van der Waals surface area (Å²) in [4.78, 5) is 13.9. The Morgan fingerprint density at radius 1 is 1.32 bits per heavy atom. The Labute approximate surface area is 135 Å². The molecule has 0 aliphatic carbocycles. The van der Waals surface area contributed by atoms with Crippen molar-refractivity contribution >= 4 is 5.78 Å². The van der Waals surface area contributed by atoms with Gasteiger partial charge in [0.05, 0.1) is 0 Å². The van der Waals surface area contributed by atoms with Gasteiger partial charge < -0.3 is 0 Å².